The molecular weight excluding hydrogens is 404 g/mol. The number of aliphatic hydroxyl groups excluding tert-OH is 1. The van der Waals surface area contributed by atoms with E-state index in [1.54, 1.807) is 50.4 Å². The highest BCUT2D eigenvalue weighted by molar-refractivity contribution is 7.91. The summed E-state index contributed by atoms with van der Waals surface area (Å²) >= 11 is 0. The monoisotopic (exact) mass is 430 g/mol. The number of aromatic amines is 1. The molecule has 0 atom stereocenters. The number of hydrogen-bond donors (Lipinski definition) is 2. The average Bonchev–Trinajstić information content (AvgIpc) is 3.23. The molecule has 0 amide bonds. The van der Waals surface area contributed by atoms with Gasteiger partial charge >= 0.3 is 0 Å². The molecule has 1 fully saturated rings. The molecule has 2 heterocycles. The third-order valence-corrected chi connectivity index (χ3v) is 7.54. The molecule has 0 unspecified atom stereocenters. The van der Waals surface area contributed by atoms with E-state index in [0.29, 0.717) is 40.9 Å². The van der Waals surface area contributed by atoms with Gasteiger partial charge in [-0.1, -0.05) is 6.92 Å². The van der Waals surface area contributed by atoms with E-state index in [0.717, 1.165) is 23.1 Å². The molecule has 30 heavy (non-hydrogen) atoms. The average molecular weight is 431 g/mol. The summed E-state index contributed by atoms with van der Waals surface area (Å²) in [6.07, 6.45) is 4.21. The van der Waals surface area contributed by atoms with Crippen molar-refractivity contribution in [2.45, 2.75) is 56.6 Å². The van der Waals surface area contributed by atoms with Crippen LogP contribution in [-0.2, 0) is 9.84 Å². The van der Waals surface area contributed by atoms with E-state index in [2.05, 4.69) is 4.98 Å². The normalized spacial score (nSPS) is 19.8. The van der Waals surface area contributed by atoms with E-state index in [4.69, 9.17) is 4.74 Å². The number of hydrogen-bond acceptors (Lipinski definition) is 5. The van der Waals surface area contributed by atoms with Gasteiger partial charge in [0.25, 0.3) is 5.65 Å². The second kappa shape index (κ2) is 7.92. The summed E-state index contributed by atoms with van der Waals surface area (Å²) in [5, 5.41) is 22.9. The Kier molecular flexibility index (Phi) is 5.46. The molecule has 160 valence electrons. The van der Waals surface area contributed by atoms with Crippen LogP contribution in [0.4, 0.5) is 0 Å². The Labute approximate surface area is 175 Å². The van der Waals surface area contributed by atoms with Gasteiger partial charge in [-0.25, -0.2) is 18.1 Å². The van der Waals surface area contributed by atoms with Gasteiger partial charge in [0.2, 0.25) is 0 Å². The maximum absolute atomic E-state index is 12.5. The number of nitrogens with one attached hydrogen (secondary N) is 1. The molecule has 3 aromatic rings. The third kappa shape index (κ3) is 3.77. The van der Waals surface area contributed by atoms with Crippen molar-refractivity contribution in [1.29, 1.82) is 0 Å². The van der Waals surface area contributed by atoms with Gasteiger partial charge in [-0.05, 0) is 62.9 Å². The fourth-order valence-electron chi connectivity index (χ4n) is 4.02. The zero-order valence-electron chi connectivity index (χ0n) is 17.1. The number of aliphatic hydroxyl groups is 1. The van der Waals surface area contributed by atoms with Crippen molar-refractivity contribution in [3.63, 3.8) is 0 Å². The van der Waals surface area contributed by atoms with Crippen molar-refractivity contribution in [3.05, 3.63) is 47.4 Å². The molecule has 0 aliphatic heterocycles. The van der Waals surface area contributed by atoms with Crippen molar-refractivity contribution < 1.29 is 23.0 Å². The number of aromatic nitrogens is 2. The van der Waals surface area contributed by atoms with Crippen LogP contribution in [-0.4, -0.2) is 36.5 Å². The van der Waals surface area contributed by atoms with Crippen LogP contribution in [0.3, 0.4) is 0 Å². The van der Waals surface area contributed by atoms with Gasteiger partial charge < -0.3 is 15.1 Å². The van der Waals surface area contributed by atoms with Gasteiger partial charge in [-0.15, -0.1) is 0 Å². The minimum absolute atomic E-state index is 0.00109. The van der Waals surface area contributed by atoms with Gasteiger partial charge in [-0.3, -0.25) is 0 Å². The molecule has 1 aromatic carbocycles. The van der Waals surface area contributed by atoms with Crippen molar-refractivity contribution in [3.8, 4) is 16.9 Å². The van der Waals surface area contributed by atoms with Gasteiger partial charge in [0, 0.05) is 11.1 Å². The minimum Gasteiger partial charge on any atom is -0.710 e. The first-order valence-electron chi connectivity index (χ1n) is 10.2. The Balaban J connectivity index is 1.87. The van der Waals surface area contributed by atoms with E-state index in [-0.39, 0.29) is 22.9 Å². The maximum Gasteiger partial charge on any atom is 0.290 e. The Morgan fingerprint density at radius 2 is 1.90 bits per heavy atom. The van der Waals surface area contributed by atoms with Crippen molar-refractivity contribution in [2.75, 3.05) is 5.75 Å². The lowest BCUT2D eigenvalue weighted by Gasteiger charge is -2.27. The highest BCUT2D eigenvalue weighted by atomic mass is 32.2. The van der Waals surface area contributed by atoms with Crippen molar-refractivity contribution in [2.24, 2.45) is 0 Å². The van der Waals surface area contributed by atoms with Crippen molar-refractivity contribution in [1.82, 2.24) is 4.98 Å². The van der Waals surface area contributed by atoms with Crippen LogP contribution < -0.4 is 9.47 Å². The van der Waals surface area contributed by atoms with Crippen LogP contribution in [0.25, 0.3) is 22.2 Å². The first kappa shape index (κ1) is 20.7. The molecule has 0 saturated heterocycles. The molecule has 0 bridgehead atoms. The standard InChI is InChI=1S/C22H26N2O5S/c1-3-30(27,28)17-8-9-21(29-16-6-4-15(25)5-7-16)20(13-17)19-12-14(2)24(26)22-18(19)10-11-23-22/h8-13,15-16,23,25H,3-7H2,1-2H3/t15-,16+. The van der Waals surface area contributed by atoms with Gasteiger partial charge in [0.1, 0.15) is 11.4 Å². The molecule has 1 saturated carbocycles. The maximum atomic E-state index is 12.5. The predicted octanol–water partition coefficient (Wildman–Crippen LogP) is 3.25. The Bertz CT molecular complexity index is 1180. The molecule has 2 N–H and O–H groups in total. The molecule has 0 spiro atoms. The quantitative estimate of drug-likeness (QED) is 0.477. The molecule has 7 nitrogen and oxygen atoms in total. The highest BCUT2D eigenvalue weighted by Gasteiger charge is 2.24. The third-order valence-electron chi connectivity index (χ3n) is 5.81. The number of pyridine rings is 1. The molecule has 0 radical (unpaired) electrons. The summed E-state index contributed by atoms with van der Waals surface area (Å²) in [4.78, 5) is 3.19. The molecule has 4 rings (SSSR count). The number of ether oxygens (including phenoxy) is 1. The fourth-order valence-corrected chi connectivity index (χ4v) is 4.92. The number of benzene rings is 1. The second-order valence-electron chi connectivity index (χ2n) is 7.84. The fraction of sp³-hybridized carbons (Fsp3) is 0.409. The summed E-state index contributed by atoms with van der Waals surface area (Å²) < 4.78 is 32.2. The number of fused-ring (bicyclic) bond motifs is 1. The van der Waals surface area contributed by atoms with Gasteiger partial charge in [0.05, 0.1) is 34.4 Å². The molecule has 1 aliphatic rings. The summed E-state index contributed by atoms with van der Waals surface area (Å²) in [6, 6.07) is 8.49. The lowest BCUT2D eigenvalue weighted by atomic mass is 9.95. The van der Waals surface area contributed by atoms with Crippen LogP contribution in [0, 0.1) is 12.1 Å². The zero-order valence-corrected chi connectivity index (χ0v) is 17.9. The first-order chi connectivity index (χ1) is 14.3. The van der Waals surface area contributed by atoms with E-state index >= 15 is 0 Å². The Morgan fingerprint density at radius 1 is 1.17 bits per heavy atom. The Hall–Kier alpha value is -2.58. The summed E-state index contributed by atoms with van der Waals surface area (Å²) in [5.74, 6) is 0.582. The smallest absolute Gasteiger partial charge is 0.290 e. The summed E-state index contributed by atoms with van der Waals surface area (Å²) in [7, 11) is -3.41. The topological polar surface area (TPSA) is 106 Å². The van der Waals surface area contributed by atoms with E-state index in [1.165, 1.54) is 0 Å². The Morgan fingerprint density at radius 3 is 2.60 bits per heavy atom. The van der Waals surface area contributed by atoms with E-state index < -0.39 is 9.84 Å². The number of aryl methyl sites for hydroxylation is 1. The lowest BCUT2D eigenvalue weighted by molar-refractivity contribution is -0.586. The summed E-state index contributed by atoms with van der Waals surface area (Å²) in [5.41, 5.74) is 2.30. The second-order valence-corrected chi connectivity index (χ2v) is 10.1. The first-order valence-corrected chi connectivity index (χ1v) is 11.9. The number of sulfone groups is 1. The molecule has 1 aliphatic carbocycles. The molecular formula is C22H26N2O5S. The van der Waals surface area contributed by atoms with Crippen LogP contribution in [0.5, 0.6) is 5.75 Å². The minimum atomic E-state index is -3.41. The van der Waals surface area contributed by atoms with E-state index in [9.17, 15) is 18.7 Å². The predicted molar refractivity (Wildman–Crippen MR) is 114 cm³/mol. The number of H-pyrrole nitrogens is 1. The summed E-state index contributed by atoms with van der Waals surface area (Å²) in [6.45, 7) is 3.33. The number of nitrogens with zero attached hydrogens (tertiary/aromatic N) is 1. The van der Waals surface area contributed by atoms with Gasteiger partial charge in [-0.2, -0.15) is 0 Å². The SMILES string of the molecule is CCS(=O)(=O)c1ccc(O[C@H]2CC[C@@H](O)CC2)c(-c2cc(C)[n+]([O-])c3[nH]ccc23)c1. The highest BCUT2D eigenvalue weighted by Crippen LogP contribution is 2.38. The lowest BCUT2D eigenvalue weighted by Crippen LogP contribution is -2.31. The zero-order chi connectivity index (χ0) is 21.5. The van der Waals surface area contributed by atoms with Gasteiger partial charge in [0.15, 0.2) is 9.84 Å². The van der Waals surface area contributed by atoms with Crippen molar-refractivity contribution >= 4 is 20.9 Å². The molecule has 2 aromatic heterocycles. The van der Waals surface area contributed by atoms with Crippen LogP contribution in [0.15, 0.2) is 41.4 Å². The van der Waals surface area contributed by atoms with Crippen LogP contribution >= 0.6 is 0 Å². The largest absolute Gasteiger partial charge is 0.710 e. The van der Waals surface area contributed by atoms with Crippen LogP contribution in [0.1, 0.15) is 38.3 Å². The molecule has 8 heteroatoms. The van der Waals surface area contributed by atoms with Crippen LogP contribution in [0.2, 0.25) is 0 Å². The number of rotatable bonds is 5. The van der Waals surface area contributed by atoms with E-state index in [1.807, 2.05) is 0 Å².